The molecule has 1 amide bonds. The monoisotopic (exact) mass is 324 g/mol. The summed E-state index contributed by atoms with van der Waals surface area (Å²) in [6.45, 7) is 4.76. The molecule has 120 valence electrons. The number of thiophene rings is 1. The van der Waals surface area contributed by atoms with Crippen molar-refractivity contribution >= 4 is 23.2 Å². The molecule has 22 heavy (non-hydrogen) atoms. The highest BCUT2D eigenvalue weighted by atomic mass is 32.1. The Morgan fingerprint density at radius 3 is 2.73 bits per heavy atom. The van der Waals surface area contributed by atoms with Gasteiger partial charge in [-0.1, -0.05) is 13.0 Å². The highest BCUT2D eigenvalue weighted by Crippen LogP contribution is 2.38. The minimum atomic E-state index is -1.00. The van der Waals surface area contributed by atoms with Gasteiger partial charge in [0.2, 0.25) is 0 Å². The molecule has 2 saturated heterocycles. The lowest BCUT2D eigenvalue weighted by Crippen LogP contribution is -2.58. The van der Waals surface area contributed by atoms with Crippen molar-refractivity contribution in [3.05, 3.63) is 22.4 Å². The third-order valence-corrected chi connectivity index (χ3v) is 5.44. The van der Waals surface area contributed by atoms with Gasteiger partial charge in [-0.15, -0.1) is 11.3 Å². The van der Waals surface area contributed by atoms with Crippen LogP contribution in [0, 0.1) is 0 Å². The maximum Gasteiger partial charge on any atom is 0.328 e. The van der Waals surface area contributed by atoms with Crippen LogP contribution in [-0.2, 0) is 9.53 Å². The molecule has 1 atom stereocenters. The number of piperidine rings is 1. The van der Waals surface area contributed by atoms with Gasteiger partial charge in [0.15, 0.2) is 6.04 Å². The lowest BCUT2D eigenvalue weighted by molar-refractivity contribution is -0.143. The number of nitrogens with zero attached hydrogens (tertiary/aromatic N) is 2. The number of amides is 1. The zero-order valence-electron chi connectivity index (χ0n) is 12.5. The number of hydrogen-bond donors (Lipinski definition) is 1. The number of carboxylic acid groups (broad SMARTS) is 1. The van der Waals surface area contributed by atoms with Gasteiger partial charge in [-0.3, -0.25) is 9.69 Å². The van der Waals surface area contributed by atoms with E-state index in [4.69, 9.17) is 4.74 Å². The van der Waals surface area contributed by atoms with Gasteiger partial charge in [0.25, 0.3) is 5.91 Å². The predicted octanol–water partition coefficient (Wildman–Crippen LogP) is 1.49. The first-order chi connectivity index (χ1) is 10.6. The van der Waals surface area contributed by atoms with E-state index in [2.05, 4.69) is 11.8 Å². The Morgan fingerprint density at radius 2 is 2.18 bits per heavy atom. The number of likely N-dealkylation sites (tertiary alicyclic amines) is 1. The molecule has 2 aliphatic heterocycles. The molecular formula is C15H20N2O4S. The summed E-state index contributed by atoms with van der Waals surface area (Å²) < 4.78 is 5.88. The van der Waals surface area contributed by atoms with Crippen LogP contribution in [0.4, 0.5) is 0 Å². The van der Waals surface area contributed by atoms with E-state index in [1.165, 1.54) is 16.2 Å². The fourth-order valence-corrected chi connectivity index (χ4v) is 3.95. The third-order valence-electron chi connectivity index (χ3n) is 4.58. The van der Waals surface area contributed by atoms with Crippen LogP contribution in [0.25, 0.3) is 0 Å². The smallest absolute Gasteiger partial charge is 0.328 e. The Balaban J connectivity index is 1.89. The van der Waals surface area contributed by atoms with E-state index >= 15 is 0 Å². The summed E-state index contributed by atoms with van der Waals surface area (Å²) in [7, 11) is 0. The molecule has 0 saturated carbocycles. The van der Waals surface area contributed by atoms with Crippen molar-refractivity contribution in [3.8, 4) is 0 Å². The van der Waals surface area contributed by atoms with Crippen LogP contribution in [0.1, 0.15) is 29.4 Å². The number of carbonyl (C=O) groups is 2. The molecule has 1 aromatic rings. The minimum absolute atomic E-state index is 0.0680. The van der Waals surface area contributed by atoms with Crippen LogP contribution in [0.3, 0.4) is 0 Å². The first kappa shape index (κ1) is 15.5. The summed E-state index contributed by atoms with van der Waals surface area (Å²) in [6.07, 6.45) is 1.31. The fraction of sp³-hybridized carbons (Fsp3) is 0.600. The summed E-state index contributed by atoms with van der Waals surface area (Å²) in [4.78, 5) is 28.7. The Hall–Kier alpha value is -1.44. The zero-order chi connectivity index (χ0) is 15.7. The molecule has 3 rings (SSSR count). The van der Waals surface area contributed by atoms with Gasteiger partial charge in [-0.25, -0.2) is 4.79 Å². The first-order valence-electron chi connectivity index (χ1n) is 7.54. The zero-order valence-corrected chi connectivity index (χ0v) is 13.3. The normalized spacial score (nSPS) is 24.8. The van der Waals surface area contributed by atoms with Crippen LogP contribution in [0.2, 0.25) is 0 Å². The minimum Gasteiger partial charge on any atom is -0.480 e. The molecule has 6 nitrogen and oxygen atoms in total. The van der Waals surface area contributed by atoms with Crippen molar-refractivity contribution in [3.63, 3.8) is 0 Å². The maximum absolute atomic E-state index is 12.8. The Bertz CT molecular complexity index is 552. The van der Waals surface area contributed by atoms with Gasteiger partial charge < -0.3 is 14.7 Å². The Labute approximate surface area is 133 Å². The van der Waals surface area contributed by atoms with Crippen molar-refractivity contribution in [1.82, 2.24) is 9.80 Å². The lowest BCUT2D eigenvalue weighted by atomic mass is 9.97. The molecule has 7 heteroatoms. The molecule has 0 radical (unpaired) electrons. The second-order valence-electron chi connectivity index (χ2n) is 5.70. The van der Waals surface area contributed by atoms with E-state index in [0.29, 0.717) is 17.7 Å². The van der Waals surface area contributed by atoms with Gasteiger partial charge in [-0.2, -0.15) is 0 Å². The predicted molar refractivity (Wildman–Crippen MR) is 81.9 cm³/mol. The molecule has 0 aromatic carbocycles. The topological polar surface area (TPSA) is 70.1 Å². The quantitative estimate of drug-likeness (QED) is 0.912. The first-order valence-corrected chi connectivity index (χ1v) is 8.41. The average molecular weight is 324 g/mol. The van der Waals surface area contributed by atoms with E-state index in [1.807, 2.05) is 5.38 Å². The third kappa shape index (κ3) is 2.53. The van der Waals surface area contributed by atoms with E-state index in [9.17, 15) is 14.7 Å². The van der Waals surface area contributed by atoms with Gasteiger partial charge in [0, 0.05) is 25.9 Å². The molecule has 0 bridgehead atoms. The number of carboxylic acids is 1. The standard InChI is InChI=1S/C15H20N2O4S/c1-2-16-7-5-15(6-8-16)17(11(10-21-15)14(19)20)13(18)12-4-3-9-22-12/h3-4,9,11H,2,5-8,10H2,1H3,(H,19,20). The number of carbonyl (C=O) groups excluding carboxylic acids is 1. The van der Waals surface area contributed by atoms with E-state index in [0.717, 1.165) is 19.6 Å². The lowest BCUT2D eigenvalue weighted by Gasteiger charge is -2.43. The number of aliphatic carboxylic acids is 1. The number of ether oxygens (including phenoxy) is 1. The summed E-state index contributed by atoms with van der Waals surface area (Å²) in [5.41, 5.74) is -0.768. The SMILES string of the molecule is CCN1CCC2(CC1)OCC(C(=O)O)N2C(=O)c1cccs1. The summed E-state index contributed by atoms with van der Waals surface area (Å²) in [6, 6.07) is 2.64. The van der Waals surface area contributed by atoms with Crippen molar-refractivity contribution < 1.29 is 19.4 Å². The van der Waals surface area contributed by atoms with Crippen molar-refractivity contribution in [2.24, 2.45) is 0 Å². The van der Waals surface area contributed by atoms with Gasteiger partial charge in [0.05, 0.1) is 11.5 Å². The van der Waals surface area contributed by atoms with Crippen LogP contribution in [-0.4, -0.2) is 64.8 Å². The van der Waals surface area contributed by atoms with E-state index in [1.54, 1.807) is 12.1 Å². The Kier molecular flexibility index (Phi) is 4.20. The Morgan fingerprint density at radius 1 is 1.45 bits per heavy atom. The van der Waals surface area contributed by atoms with Crippen LogP contribution >= 0.6 is 11.3 Å². The summed E-state index contributed by atoms with van der Waals surface area (Å²) in [5.74, 6) is -1.23. The maximum atomic E-state index is 12.8. The molecular weight excluding hydrogens is 304 g/mol. The fourth-order valence-electron chi connectivity index (χ4n) is 3.29. The summed E-state index contributed by atoms with van der Waals surface area (Å²) in [5, 5.41) is 11.3. The van der Waals surface area contributed by atoms with Gasteiger partial charge >= 0.3 is 5.97 Å². The number of rotatable bonds is 3. The van der Waals surface area contributed by atoms with Gasteiger partial charge in [-0.05, 0) is 18.0 Å². The molecule has 1 unspecified atom stereocenters. The van der Waals surface area contributed by atoms with Crippen LogP contribution < -0.4 is 0 Å². The highest BCUT2D eigenvalue weighted by molar-refractivity contribution is 7.12. The molecule has 3 heterocycles. The second-order valence-corrected chi connectivity index (χ2v) is 6.65. The second kappa shape index (κ2) is 5.98. The largest absolute Gasteiger partial charge is 0.480 e. The number of hydrogen-bond acceptors (Lipinski definition) is 5. The van der Waals surface area contributed by atoms with Crippen LogP contribution in [0.15, 0.2) is 17.5 Å². The molecule has 1 spiro atoms. The van der Waals surface area contributed by atoms with Crippen molar-refractivity contribution in [1.29, 1.82) is 0 Å². The van der Waals surface area contributed by atoms with Crippen molar-refractivity contribution in [2.45, 2.75) is 31.5 Å². The molecule has 2 aliphatic rings. The highest BCUT2D eigenvalue weighted by Gasteiger charge is 2.54. The van der Waals surface area contributed by atoms with Crippen molar-refractivity contribution in [2.75, 3.05) is 26.2 Å². The van der Waals surface area contributed by atoms with E-state index in [-0.39, 0.29) is 12.5 Å². The summed E-state index contributed by atoms with van der Waals surface area (Å²) >= 11 is 1.33. The van der Waals surface area contributed by atoms with Crippen LogP contribution in [0.5, 0.6) is 0 Å². The molecule has 2 fully saturated rings. The molecule has 0 aliphatic carbocycles. The van der Waals surface area contributed by atoms with E-state index < -0.39 is 17.7 Å². The van der Waals surface area contributed by atoms with Gasteiger partial charge in [0.1, 0.15) is 5.72 Å². The molecule has 1 aromatic heterocycles. The molecule has 1 N–H and O–H groups in total. The average Bonchev–Trinajstić information content (AvgIpc) is 3.16.